The summed E-state index contributed by atoms with van der Waals surface area (Å²) in [5.74, 6) is 1.51. The molecule has 1 aliphatic rings. The molecule has 7 heteroatoms. The smallest absolute Gasteiger partial charge is 0.269 e. The predicted octanol–water partition coefficient (Wildman–Crippen LogP) is 1.92. The topological polar surface area (TPSA) is 108 Å². The number of nitrogens with two attached hydrogens (primary N) is 1. The molecule has 7 nitrogen and oxygen atoms in total. The zero-order valence-corrected chi connectivity index (χ0v) is 10.7. The van der Waals surface area contributed by atoms with E-state index in [1.54, 1.807) is 12.1 Å². The molecular weight excluding hydrogens is 260 g/mol. The second kappa shape index (κ2) is 5.01. The molecule has 1 aromatic carbocycles. The second-order valence-corrected chi connectivity index (χ2v) is 5.02. The number of non-ortho nitro benzene ring substituents is 1. The number of rotatable bonds is 5. The fraction of sp³-hybridized carbons (Fsp3) is 0.385. The van der Waals surface area contributed by atoms with E-state index < -0.39 is 4.92 Å². The van der Waals surface area contributed by atoms with Gasteiger partial charge < -0.3 is 10.3 Å². The van der Waals surface area contributed by atoms with E-state index in [4.69, 9.17) is 10.3 Å². The molecule has 20 heavy (non-hydrogen) atoms. The Labute approximate surface area is 114 Å². The second-order valence-electron chi connectivity index (χ2n) is 5.02. The standard InChI is InChI=1S/C13H14N4O3/c14-11(8-1-2-8)7-12-15-13(16-20-12)9-3-5-10(6-4-9)17(18)19/h3-6,8,11H,1-2,7,14H2. The molecule has 1 fully saturated rings. The highest BCUT2D eigenvalue weighted by atomic mass is 16.6. The van der Waals surface area contributed by atoms with Gasteiger partial charge in [0.15, 0.2) is 0 Å². The zero-order chi connectivity index (χ0) is 14.1. The summed E-state index contributed by atoms with van der Waals surface area (Å²) in [5, 5.41) is 14.5. The maximum Gasteiger partial charge on any atom is 0.269 e. The van der Waals surface area contributed by atoms with Crippen LogP contribution >= 0.6 is 0 Å². The molecule has 1 heterocycles. The highest BCUT2D eigenvalue weighted by Crippen LogP contribution is 2.32. The van der Waals surface area contributed by atoms with Gasteiger partial charge in [0.2, 0.25) is 11.7 Å². The fourth-order valence-corrected chi connectivity index (χ4v) is 2.08. The first-order valence-corrected chi connectivity index (χ1v) is 6.46. The van der Waals surface area contributed by atoms with Gasteiger partial charge in [0.1, 0.15) is 0 Å². The van der Waals surface area contributed by atoms with Gasteiger partial charge >= 0.3 is 0 Å². The van der Waals surface area contributed by atoms with E-state index in [1.165, 1.54) is 25.0 Å². The van der Waals surface area contributed by atoms with Crippen LogP contribution in [0.3, 0.4) is 0 Å². The summed E-state index contributed by atoms with van der Waals surface area (Å²) in [6, 6.07) is 6.12. The van der Waals surface area contributed by atoms with Crippen LogP contribution in [0, 0.1) is 16.0 Å². The first-order valence-electron chi connectivity index (χ1n) is 6.46. The molecule has 0 spiro atoms. The summed E-state index contributed by atoms with van der Waals surface area (Å²) in [5.41, 5.74) is 6.73. The van der Waals surface area contributed by atoms with Gasteiger partial charge in [0, 0.05) is 30.2 Å². The summed E-state index contributed by atoms with van der Waals surface area (Å²) >= 11 is 0. The number of nitrogens with zero attached hydrogens (tertiary/aromatic N) is 3. The summed E-state index contributed by atoms with van der Waals surface area (Å²) in [7, 11) is 0. The van der Waals surface area contributed by atoms with Crippen molar-refractivity contribution < 1.29 is 9.45 Å². The normalized spacial score (nSPS) is 16.1. The van der Waals surface area contributed by atoms with Crippen molar-refractivity contribution in [2.24, 2.45) is 11.7 Å². The fourth-order valence-electron chi connectivity index (χ4n) is 2.08. The Morgan fingerprint density at radius 2 is 2.10 bits per heavy atom. The van der Waals surface area contributed by atoms with Crippen molar-refractivity contribution in [3.05, 3.63) is 40.3 Å². The quantitative estimate of drug-likeness (QED) is 0.659. The van der Waals surface area contributed by atoms with Gasteiger partial charge in [-0.25, -0.2) is 0 Å². The van der Waals surface area contributed by atoms with Crippen LogP contribution in [0.15, 0.2) is 28.8 Å². The van der Waals surface area contributed by atoms with E-state index in [0.717, 1.165) is 0 Å². The molecule has 1 aromatic heterocycles. The minimum atomic E-state index is -0.444. The third-order valence-electron chi connectivity index (χ3n) is 3.44. The molecule has 1 atom stereocenters. The average molecular weight is 274 g/mol. The summed E-state index contributed by atoms with van der Waals surface area (Å²) in [6.07, 6.45) is 2.92. The van der Waals surface area contributed by atoms with E-state index in [9.17, 15) is 10.1 Å². The van der Waals surface area contributed by atoms with Crippen molar-refractivity contribution in [1.82, 2.24) is 10.1 Å². The van der Waals surface area contributed by atoms with Crippen LogP contribution in [-0.2, 0) is 6.42 Å². The first kappa shape index (κ1) is 12.7. The molecule has 1 unspecified atom stereocenters. The molecule has 1 aliphatic carbocycles. The Morgan fingerprint density at radius 1 is 1.40 bits per heavy atom. The molecule has 0 radical (unpaired) electrons. The van der Waals surface area contributed by atoms with Gasteiger partial charge in [0.05, 0.1) is 4.92 Å². The largest absolute Gasteiger partial charge is 0.339 e. The molecule has 3 rings (SSSR count). The van der Waals surface area contributed by atoms with Gasteiger partial charge in [-0.3, -0.25) is 10.1 Å². The molecule has 1 saturated carbocycles. The molecule has 0 saturated heterocycles. The van der Waals surface area contributed by atoms with Crippen LogP contribution in [0.4, 0.5) is 5.69 Å². The van der Waals surface area contributed by atoms with Crippen LogP contribution in [0.5, 0.6) is 0 Å². The van der Waals surface area contributed by atoms with Crippen molar-refractivity contribution in [3.63, 3.8) is 0 Å². The Bertz CT molecular complexity index is 619. The Balaban J connectivity index is 1.73. The average Bonchev–Trinajstić information content (AvgIpc) is 3.20. The minimum Gasteiger partial charge on any atom is -0.339 e. The number of benzene rings is 1. The van der Waals surface area contributed by atoms with Crippen LogP contribution in [0.1, 0.15) is 18.7 Å². The zero-order valence-electron chi connectivity index (χ0n) is 10.7. The lowest BCUT2D eigenvalue weighted by Gasteiger charge is -2.04. The number of hydrogen-bond acceptors (Lipinski definition) is 6. The highest BCUT2D eigenvalue weighted by molar-refractivity contribution is 5.56. The molecule has 104 valence electrons. The van der Waals surface area contributed by atoms with Gasteiger partial charge in [-0.05, 0) is 30.9 Å². The van der Waals surface area contributed by atoms with Gasteiger partial charge in [-0.2, -0.15) is 4.98 Å². The number of nitro benzene ring substituents is 1. The molecule has 0 bridgehead atoms. The van der Waals surface area contributed by atoms with Gasteiger partial charge in [-0.1, -0.05) is 5.16 Å². The van der Waals surface area contributed by atoms with Crippen LogP contribution in [0.2, 0.25) is 0 Å². The first-order chi connectivity index (χ1) is 9.63. The van der Waals surface area contributed by atoms with Crippen LogP contribution in [0.25, 0.3) is 11.4 Å². The molecule has 0 amide bonds. The van der Waals surface area contributed by atoms with E-state index in [0.29, 0.717) is 29.6 Å². The van der Waals surface area contributed by atoms with Gasteiger partial charge in [-0.15, -0.1) is 0 Å². The third-order valence-corrected chi connectivity index (χ3v) is 3.44. The lowest BCUT2D eigenvalue weighted by molar-refractivity contribution is -0.384. The summed E-state index contributed by atoms with van der Waals surface area (Å²) < 4.78 is 5.17. The van der Waals surface area contributed by atoms with E-state index in [-0.39, 0.29) is 11.7 Å². The number of nitro groups is 1. The Morgan fingerprint density at radius 3 is 2.70 bits per heavy atom. The van der Waals surface area contributed by atoms with Crippen molar-refractivity contribution in [2.75, 3.05) is 0 Å². The lowest BCUT2D eigenvalue weighted by atomic mass is 10.1. The minimum absolute atomic E-state index is 0.0354. The maximum absolute atomic E-state index is 10.6. The van der Waals surface area contributed by atoms with Crippen molar-refractivity contribution in [3.8, 4) is 11.4 Å². The van der Waals surface area contributed by atoms with Crippen LogP contribution in [-0.4, -0.2) is 21.1 Å². The van der Waals surface area contributed by atoms with Crippen LogP contribution < -0.4 is 5.73 Å². The third kappa shape index (κ3) is 2.67. The Kier molecular flexibility index (Phi) is 3.19. The number of hydrogen-bond donors (Lipinski definition) is 1. The van der Waals surface area contributed by atoms with E-state index in [1.807, 2.05) is 0 Å². The SMILES string of the molecule is NC(Cc1nc(-c2ccc([N+](=O)[O-])cc2)no1)C1CC1. The molecular formula is C13H14N4O3. The molecule has 2 aromatic rings. The van der Waals surface area contributed by atoms with E-state index >= 15 is 0 Å². The van der Waals surface area contributed by atoms with E-state index in [2.05, 4.69) is 10.1 Å². The van der Waals surface area contributed by atoms with Crippen molar-refractivity contribution >= 4 is 5.69 Å². The van der Waals surface area contributed by atoms with Crippen molar-refractivity contribution in [1.29, 1.82) is 0 Å². The molecule has 2 N–H and O–H groups in total. The lowest BCUT2D eigenvalue weighted by Crippen LogP contribution is -2.25. The highest BCUT2D eigenvalue weighted by Gasteiger charge is 2.29. The summed E-state index contributed by atoms with van der Waals surface area (Å²) in [6.45, 7) is 0. The maximum atomic E-state index is 10.6. The number of aromatic nitrogens is 2. The molecule has 0 aliphatic heterocycles. The summed E-state index contributed by atoms with van der Waals surface area (Å²) in [4.78, 5) is 14.4. The predicted molar refractivity (Wildman–Crippen MR) is 70.8 cm³/mol. The monoisotopic (exact) mass is 274 g/mol. The Hall–Kier alpha value is -2.28. The van der Waals surface area contributed by atoms with Crippen molar-refractivity contribution in [2.45, 2.75) is 25.3 Å². The van der Waals surface area contributed by atoms with Gasteiger partial charge in [0.25, 0.3) is 5.69 Å².